The molecular weight excluding hydrogens is 256 g/mol. The van der Waals surface area contributed by atoms with E-state index >= 15 is 0 Å². The van der Waals surface area contributed by atoms with Gasteiger partial charge in [-0.25, -0.2) is 0 Å². The SMILES string of the molecule is CCC1(C(=O)O)CCCCC1(CCCC(C)C)C(=O)O. The number of rotatable bonds is 7. The van der Waals surface area contributed by atoms with E-state index in [0.29, 0.717) is 31.6 Å². The normalized spacial score (nSPS) is 30.4. The van der Waals surface area contributed by atoms with Gasteiger partial charge in [-0.1, -0.05) is 46.5 Å². The number of carboxylic acid groups (broad SMARTS) is 2. The van der Waals surface area contributed by atoms with Crippen LogP contribution in [0, 0.1) is 16.7 Å². The van der Waals surface area contributed by atoms with Gasteiger partial charge in [0.05, 0.1) is 10.8 Å². The van der Waals surface area contributed by atoms with E-state index in [-0.39, 0.29) is 0 Å². The molecule has 1 saturated carbocycles. The number of carboxylic acids is 2. The van der Waals surface area contributed by atoms with Gasteiger partial charge in [-0.05, 0) is 31.6 Å². The molecule has 0 saturated heterocycles. The van der Waals surface area contributed by atoms with Gasteiger partial charge in [0.2, 0.25) is 0 Å². The molecule has 1 rings (SSSR count). The van der Waals surface area contributed by atoms with E-state index in [0.717, 1.165) is 25.7 Å². The smallest absolute Gasteiger partial charge is 0.310 e. The quantitative estimate of drug-likeness (QED) is 0.742. The van der Waals surface area contributed by atoms with Gasteiger partial charge in [-0.3, -0.25) is 9.59 Å². The Kier molecular flexibility index (Phi) is 5.60. The van der Waals surface area contributed by atoms with Crippen molar-refractivity contribution >= 4 is 11.9 Å². The van der Waals surface area contributed by atoms with Crippen LogP contribution in [0.25, 0.3) is 0 Å². The lowest BCUT2D eigenvalue weighted by Gasteiger charge is -2.48. The van der Waals surface area contributed by atoms with Crippen LogP contribution < -0.4 is 0 Å². The first-order chi connectivity index (χ1) is 9.32. The van der Waals surface area contributed by atoms with Gasteiger partial charge in [-0.15, -0.1) is 0 Å². The van der Waals surface area contributed by atoms with Crippen molar-refractivity contribution in [3.8, 4) is 0 Å². The van der Waals surface area contributed by atoms with Crippen molar-refractivity contribution in [1.82, 2.24) is 0 Å². The van der Waals surface area contributed by atoms with Gasteiger partial charge < -0.3 is 10.2 Å². The first-order valence-electron chi connectivity index (χ1n) is 7.79. The molecule has 0 aromatic heterocycles. The van der Waals surface area contributed by atoms with Crippen LogP contribution in [-0.4, -0.2) is 22.2 Å². The number of carbonyl (C=O) groups is 2. The van der Waals surface area contributed by atoms with Crippen LogP contribution in [0.1, 0.15) is 72.1 Å². The Hall–Kier alpha value is -1.06. The van der Waals surface area contributed by atoms with Gasteiger partial charge in [0.1, 0.15) is 0 Å². The summed E-state index contributed by atoms with van der Waals surface area (Å²) in [5.74, 6) is -1.32. The van der Waals surface area contributed by atoms with Crippen LogP contribution in [0.15, 0.2) is 0 Å². The number of hydrogen-bond donors (Lipinski definition) is 2. The van der Waals surface area contributed by atoms with Gasteiger partial charge >= 0.3 is 11.9 Å². The van der Waals surface area contributed by atoms with Crippen molar-refractivity contribution in [3.63, 3.8) is 0 Å². The molecule has 2 unspecified atom stereocenters. The Morgan fingerprint density at radius 1 is 1.05 bits per heavy atom. The Morgan fingerprint density at radius 2 is 1.55 bits per heavy atom. The summed E-state index contributed by atoms with van der Waals surface area (Å²) in [6.07, 6.45) is 5.26. The monoisotopic (exact) mass is 284 g/mol. The third kappa shape index (κ3) is 2.84. The third-order valence-electron chi connectivity index (χ3n) is 5.18. The molecular formula is C16H28O4. The van der Waals surface area contributed by atoms with E-state index < -0.39 is 22.8 Å². The molecule has 2 N–H and O–H groups in total. The van der Waals surface area contributed by atoms with Crippen molar-refractivity contribution in [3.05, 3.63) is 0 Å². The minimum atomic E-state index is -1.09. The molecule has 4 heteroatoms. The second kappa shape index (κ2) is 6.59. The fourth-order valence-electron chi connectivity index (χ4n) is 3.91. The van der Waals surface area contributed by atoms with E-state index in [1.54, 1.807) is 0 Å². The predicted octanol–water partition coefficient (Wildman–Crippen LogP) is 3.94. The van der Waals surface area contributed by atoms with E-state index in [1.165, 1.54) is 0 Å². The standard InChI is InChI=1S/C16H28O4/c1-4-15(13(17)18)9-5-6-10-16(15,14(19)20)11-7-8-12(2)3/h12H,4-11H2,1-3H3,(H,17,18)(H,19,20). The summed E-state index contributed by atoms with van der Waals surface area (Å²) in [6, 6.07) is 0. The lowest BCUT2D eigenvalue weighted by Crippen LogP contribution is -2.54. The lowest BCUT2D eigenvalue weighted by molar-refractivity contribution is -0.181. The van der Waals surface area contributed by atoms with Crippen molar-refractivity contribution < 1.29 is 19.8 Å². The molecule has 1 aliphatic rings. The van der Waals surface area contributed by atoms with Gasteiger partial charge in [0.15, 0.2) is 0 Å². The number of aliphatic carboxylic acids is 2. The summed E-state index contributed by atoms with van der Waals surface area (Å²) in [5, 5.41) is 19.5. The van der Waals surface area contributed by atoms with Crippen LogP contribution in [0.2, 0.25) is 0 Å². The summed E-state index contributed by atoms with van der Waals surface area (Å²) < 4.78 is 0. The summed E-state index contributed by atoms with van der Waals surface area (Å²) >= 11 is 0. The van der Waals surface area contributed by atoms with E-state index in [1.807, 2.05) is 6.92 Å². The van der Waals surface area contributed by atoms with Crippen LogP contribution in [-0.2, 0) is 9.59 Å². The van der Waals surface area contributed by atoms with Crippen LogP contribution in [0.5, 0.6) is 0 Å². The molecule has 116 valence electrons. The Balaban J connectivity index is 3.10. The average Bonchev–Trinajstić information content (AvgIpc) is 2.38. The molecule has 0 heterocycles. The lowest BCUT2D eigenvalue weighted by atomic mass is 9.53. The Morgan fingerprint density at radius 3 is 1.95 bits per heavy atom. The van der Waals surface area contributed by atoms with Crippen LogP contribution >= 0.6 is 0 Å². The molecule has 0 aliphatic heterocycles. The molecule has 4 nitrogen and oxygen atoms in total. The molecule has 0 amide bonds. The zero-order valence-electron chi connectivity index (χ0n) is 12.9. The van der Waals surface area contributed by atoms with Gasteiger partial charge in [0.25, 0.3) is 0 Å². The highest BCUT2D eigenvalue weighted by molar-refractivity contribution is 5.87. The molecule has 1 aliphatic carbocycles. The van der Waals surface area contributed by atoms with Crippen LogP contribution in [0.3, 0.4) is 0 Å². The predicted molar refractivity (Wildman–Crippen MR) is 77.6 cm³/mol. The zero-order valence-corrected chi connectivity index (χ0v) is 12.9. The fourth-order valence-corrected chi connectivity index (χ4v) is 3.91. The maximum absolute atomic E-state index is 12.0. The van der Waals surface area contributed by atoms with Crippen LogP contribution in [0.4, 0.5) is 0 Å². The van der Waals surface area contributed by atoms with Crippen molar-refractivity contribution in [1.29, 1.82) is 0 Å². The summed E-state index contributed by atoms with van der Waals surface area (Å²) in [7, 11) is 0. The highest BCUT2D eigenvalue weighted by atomic mass is 16.4. The maximum Gasteiger partial charge on any atom is 0.310 e. The molecule has 0 bridgehead atoms. The van der Waals surface area contributed by atoms with Gasteiger partial charge in [0, 0.05) is 0 Å². The van der Waals surface area contributed by atoms with Crippen molar-refractivity contribution in [2.45, 2.75) is 72.1 Å². The Bertz CT molecular complexity index is 363. The summed E-state index contributed by atoms with van der Waals surface area (Å²) in [4.78, 5) is 23.8. The van der Waals surface area contributed by atoms with Gasteiger partial charge in [-0.2, -0.15) is 0 Å². The second-order valence-corrected chi connectivity index (χ2v) is 6.62. The summed E-state index contributed by atoms with van der Waals surface area (Å²) in [5.41, 5.74) is -2.17. The summed E-state index contributed by atoms with van der Waals surface area (Å²) in [6.45, 7) is 6.04. The molecule has 1 fully saturated rings. The molecule has 0 aromatic carbocycles. The first kappa shape index (κ1) is 17.0. The molecule has 0 aromatic rings. The minimum absolute atomic E-state index is 0.399. The maximum atomic E-state index is 12.0. The molecule has 20 heavy (non-hydrogen) atoms. The zero-order chi connectivity index (χ0) is 15.4. The third-order valence-corrected chi connectivity index (χ3v) is 5.18. The second-order valence-electron chi connectivity index (χ2n) is 6.62. The molecule has 0 radical (unpaired) electrons. The van der Waals surface area contributed by atoms with E-state index in [2.05, 4.69) is 13.8 Å². The topological polar surface area (TPSA) is 74.6 Å². The van der Waals surface area contributed by atoms with Crippen molar-refractivity contribution in [2.75, 3.05) is 0 Å². The molecule has 0 spiro atoms. The Labute approximate surface area is 121 Å². The highest BCUT2D eigenvalue weighted by Gasteiger charge is 2.60. The van der Waals surface area contributed by atoms with E-state index in [4.69, 9.17) is 0 Å². The average molecular weight is 284 g/mol. The minimum Gasteiger partial charge on any atom is -0.481 e. The number of hydrogen-bond acceptors (Lipinski definition) is 2. The molecule has 2 atom stereocenters. The largest absolute Gasteiger partial charge is 0.481 e. The first-order valence-corrected chi connectivity index (χ1v) is 7.79. The highest BCUT2D eigenvalue weighted by Crippen LogP contribution is 2.56. The van der Waals surface area contributed by atoms with Crippen molar-refractivity contribution in [2.24, 2.45) is 16.7 Å². The fraction of sp³-hybridized carbons (Fsp3) is 0.875. The van der Waals surface area contributed by atoms with E-state index in [9.17, 15) is 19.8 Å².